The maximum atomic E-state index is 12.7. The van der Waals surface area contributed by atoms with E-state index in [1.165, 1.54) is 5.56 Å². The van der Waals surface area contributed by atoms with Crippen molar-refractivity contribution in [2.24, 2.45) is 0 Å². The van der Waals surface area contributed by atoms with Crippen LogP contribution < -0.4 is 10.6 Å². The quantitative estimate of drug-likeness (QED) is 0.727. The predicted molar refractivity (Wildman–Crippen MR) is 111 cm³/mol. The number of rotatable bonds is 7. The first-order valence-corrected chi connectivity index (χ1v) is 10.1. The van der Waals surface area contributed by atoms with Gasteiger partial charge in [-0.25, -0.2) is 0 Å². The molecular formula is C23H29N3O2. The highest BCUT2D eigenvalue weighted by atomic mass is 16.2. The van der Waals surface area contributed by atoms with E-state index in [4.69, 9.17) is 0 Å². The lowest BCUT2D eigenvalue weighted by Gasteiger charge is -2.29. The molecule has 1 saturated heterocycles. The molecule has 0 radical (unpaired) electrons. The Balaban J connectivity index is 1.41. The molecule has 0 bridgehead atoms. The molecule has 1 unspecified atom stereocenters. The summed E-state index contributed by atoms with van der Waals surface area (Å²) in [6, 6.07) is 19.5. The molecule has 0 aromatic heterocycles. The van der Waals surface area contributed by atoms with Crippen molar-refractivity contribution >= 4 is 11.8 Å². The molecule has 148 valence electrons. The molecule has 5 heteroatoms. The van der Waals surface area contributed by atoms with Gasteiger partial charge in [0.2, 0.25) is 5.91 Å². The summed E-state index contributed by atoms with van der Waals surface area (Å²) in [4.78, 5) is 26.7. The fourth-order valence-corrected chi connectivity index (χ4v) is 3.53. The molecule has 5 nitrogen and oxygen atoms in total. The monoisotopic (exact) mass is 379 g/mol. The number of hydrogen-bond donors (Lipinski definition) is 2. The van der Waals surface area contributed by atoms with E-state index in [9.17, 15) is 9.59 Å². The number of unbranched alkanes of at least 4 members (excludes halogenated alkanes) is 1. The number of carbonyl (C=O) groups excluding carboxylic acids is 2. The highest BCUT2D eigenvalue weighted by Gasteiger charge is 2.22. The summed E-state index contributed by atoms with van der Waals surface area (Å²) in [5, 5.41) is 6.44. The van der Waals surface area contributed by atoms with Gasteiger partial charge in [-0.3, -0.25) is 9.59 Å². The number of nitrogens with one attached hydrogen (secondary N) is 2. The fourth-order valence-electron chi connectivity index (χ4n) is 3.53. The Labute approximate surface area is 167 Å². The lowest BCUT2D eigenvalue weighted by atomic mass is 10.0. The zero-order valence-electron chi connectivity index (χ0n) is 16.3. The number of carbonyl (C=O) groups is 2. The Morgan fingerprint density at radius 3 is 2.50 bits per heavy atom. The third-order valence-corrected chi connectivity index (χ3v) is 5.11. The molecule has 0 saturated carbocycles. The van der Waals surface area contributed by atoms with Gasteiger partial charge in [0.05, 0.1) is 0 Å². The van der Waals surface area contributed by atoms with Gasteiger partial charge < -0.3 is 15.5 Å². The van der Waals surface area contributed by atoms with Crippen LogP contribution >= 0.6 is 0 Å². The van der Waals surface area contributed by atoms with Gasteiger partial charge in [0, 0.05) is 37.7 Å². The standard InChI is InChI=1S/C23H29N3O2/c27-22-18-21(19-10-3-1-4-11-19)24-15-9-17-26(22)16-8-7-14-25-23(28)20-12-5-2-6-13-20/h1-6,10-13,21,24H,7-9,14-18H2,(H,25,28). The molecule has 2 aromatic rings. The summed E-state index contributed by atoms with van der Waals surface area (Å²) in [5.41, 5.74) is 1.85. The largest absolute Gasteiger partial charge is 0.352 e. The van der Waals surface area contributed by atoms with Crippen molar-refractivity contribution in [1.29, 1.82) is 0 Å². The van der Waals surface area contributed by atoms with E-state index in [0.717, 1.165) is 38.9 Å². The van der Waals surface area contributed by atoms with E-state index in [-0.39, 0.29) is 17.9 Å². The molecule has 1 fully saturated rings. The average Bonchev–Trinajstić information content (AvgIpc) is 2.73. The molecule has 0 spiro atoms. The summed E-state index contributed by atoms with van der Waals surface area (Å²) >= 11 is 0. The third kappa shape index (κ3) is 5.92. The predicted octanol–water partition coefficient (Wildman–Crippen LogP) is 3.15. The Hall–Kier alpha value is -2.66. The van der Waals surface area contributed by atoms with Crippen molar-refractivity contribution in [3.63, 3.8) is 0 Å². The van der Waals surface area contributed by atoms with E-state index in [2.05, 4.69) is 22.8 Å². The molecule has 2 amide bonds. The zero-order chi connectivity index (χ0) is 19.6. The van der Waals surface area contributed by atoms with Gasteiger partial charge in [-0.1, -0.05) is 48.5 Å². The third-order valence-electron chi connectivity index (χ3n) is 5.11. The van der Waals surface area contributed by atoms with Crippen LogP contribution in [0.1, 0.15) is 47.6 Å². The Morgan fingerprint density at radius 1 is 1.04 bits per heavy atom. The van der Waals surface area contributed by atoms with Crippen LogP contribution in [0.5, 0.6) is 0 Å². The van der Waals surface area contributed by atoms with Crippen LogP contribution in [0.15, 0.2) is 60.7 Å². The van der Waals surface area contributed by atoms with E-state index in [0.29, 0.717) is 18.5 Å². The highest BCUT2D eigenvalue weighted by Crippen LogP contribution is 2.19. The van der Waals surface area contributed by atoms with E-state index >= 15 is 0 Å². The smallest absolute Gasteiger partial charge is 0.251 e. The fraction of sp³-hybridized carbons (Fsp3) is 0.391. The molecule has 1 aliphatic rings. The van der Waals surface area contributed by atoms with Crippen molar-refractivity contribution in [3.05, 3.63) is 71.8 Å². The van der Waals surface area contributed by atoms with Crippen LogP contribution in [0.25, 0.3) is 0 Å². The van der Waals surface area contributed by atoms with Crippen LogP contribution in [0.4, 0.5) is 0 Å². The molecule has 1 atom stereocenters. The lowest BCUT2D eigenvalue weighted by Crippen LogP contribution is -2.40. The maximum absolute atomic E-state index is 12.7. The van der Waals surface area contributed by atoms with Crippen LogP contribution in [0.2, 0.25) is 0 Å². The summed E-state index contributed by atoms with van der Waals surface area (Å²) in [6.07, 6.45) is 3.21. The Kier molecular flexibility index (Phi) is 7.62. The lowest BCUT2D eigenvalue weighted by molar-refractivity contribution is -0.132. The highest BCUT2D eigenvalue weighted by molar-refractivity contribution is 5.94. The molecule has 2 aromatic carbocycles. The summed E-state index contributed by atoms with van der Waals surface area (Å²) in [5.74, 6) is 0.161. The van der Waals surface area contributed by atoms with Gasteiger partial charge >= 0.3 is 0 Å². The van der Waals surface area contributed by atoms with Crippen molar-refractivity contribution in [1.82, 2.24) is 15.5 Å². The minimum atomic E-state index is -0.0419. The van der Waals surface area contributed by atoms with Crippen molar-refractivity contribution in [2.45, 2.75) is 31.7 Å². The average molecular weight is 380 g/mol. The molecule has 3 rings (SSSR count). The van der Waals surface area contributed by atoms with Crippen molar-refractivity contribution in [2.75, 3.05) is 26.2 Å². The summed E-state index contributed by atoms with van der Waals surface area (Å²) in [6.45, 7) is 3.09. The van der Waals surface area contributed by atoms with Gasteiger partial charge in [-0.15, -0.1) is 0 Å². The summed E-state index contributed by atoms with van der Waals surface area (Å²) < 4.78 is 0. The van der Waals surface area contributed by atoms with Gasteiger partial charge in [0.25, 0.3) is 5.91 Å². The van der Waals surface area contributed by atoms with Crippen LogP contribution in [-0.4, -0.2) is 42.9 Å². The zero-order valence-corrected chi connectivity index (χ0v) is 16.3. The number of benzene rings is 2. The number of amides is 2. The minimum Gasteiger partial charge on any atom is -0.352 e. The van der Waals surface area contributed by atoms with Crippen LogP contribution in [0.3, 0.4) is 0 Å². The second kappa shape index (κ2) is 10.6. The minimum absolute atomic E-state index is 0.0419. The molecular weight excluding hydrogens is 350 g/mol. The van der Waals surface area contributed by atoms with Crippen molar-refractivity contribution < 1.29 is 9.59 Å². The molecule has 28 heavy (non-hydrogen) atoms. The van der Waals surface area contributed by atoms with Gasteiger partial charge in [0.15, 0.2) is 0 Å². The second-order valence-corrected chi connectivity index (χ2v) is 7.18. The normalized spacial score (nSPS) is 17.6. The van der Waals surface area contributed by atoms with Crippen LogP contribution in [-0.2, 0) is 4.79 Å². The van der Waals surface area contributed by atoms with Gasteiger partial charge in [-0.05, 0) is 43.5 Å². The number of hydrogen-bond acceptors (Lipinski definition) is 3. The molecule has 2 N–H and O–H groups in total. The topological polar surface area (TPSA) is 61.4 Å². The first-order chi connectivity index (χ1) is 13.7. The van der Waals surface area contributed by atoms with E-state index in [1.807, 2.05) is 53.4 Å². The first kappa shape index (κ1) is 20.1. The molecule has 1 heterocycles. The molecule has 1 aliphatic heterocycles. The van der Waals surface area contributed by atoms with Crippen LogP contribution in [0, 0.1) is 0 Å². The SMILES string of the molecule is O=C(NCCCCN1CCCNC(c2ccccc2)CC1=O)c1ccccc1. The Morgan fingerprint density at radius 2 is 1.75 bits per heavy atom. The second-order valence-electron chi connectivity index (χ2n) is 7.18. The van der Waals surface area contributed by atoms with Gasteiger partial charge in [-0.2, -0.15) is 0 Å². The number of nitrogens with zero attached hydrogens (tertiary/aromatic N) is 1. The van der Waals surface area contributed by atoms with Crippen molar-refractivity contribution in [3.8, 4) is 0 Å². The van der Waals surface area contributed by atoms with E-state index in [1.54, 1.807) is 0 Å². The van der Waals surface area contributed by atoms with Gasteiger partial charge in [0.1, 0.15) is 0 Å². The Bertz CT molecular complexity index is 749. The maximum Gasteiger partial charge on any atom is 0.251 e. The van der Waals surface area contributed by atoms with E-state index < -0.39 is 0 Å². The first-order valence-electron chi connectivity index (χ1n) is 10.1. The summed E-state index contributed by atoms with van der Waals surface area (Å²) in [7, 11) is 0. The molecule has 0 aliphatic carbocycles.